The second kappa shape index (κ2) is 11.1. The highest BCUT2D eigenvalue weighted by Crippen LogP contribution is 2.32. The predicted octanol–water partition coefficient (Wildman–Crippen LogP) is 4.29. The number of furan rings is 1. The number of thiazole rings is 1. The Labute approximate surface area is 232 Å². The molecule has 5 rings (SSSR count). The monoisotopic (exact) mass is 565 g/mol. The number of fused-ring (bicyclic) bond motifs is 1. The van der Waals surface area contributed by atoms with Gasteiger partial charge < -0.3 is 9.32 Å². The Morgan fingerprint density at radius 1 is 1.16 bits per heavy atom. The Kier molecular flexibility index (Phi) is 7.64. The zero-order chi connectivity index (χ0) is 26.8. The van der Waals surface area contributed by atoms with E-state index in [0.717, 1.165) is 5.56 Å². The summed E-state index contributed by atoms with van der Waals surface area (Å²) < 4.78 is 7.96. The van der Waals surface area contributed by atoms with Crippen LogP contribution in [0, 0.1) is 0 Å². The lowest BCUT2D eigenvalue weighted by Gasteiger charge is -2.29. The van der Waals surface area contributed by atoms with Gasteiger partial charge in [0.25, 0.3) is 11.5 Å². The molecule has 0 unspecified atom stereocenters. The van der Waals surface area contributed by atoms with Crippen LogP contribution in [0.25, 0.3) is 6.08 Å². The number of carbonyl (C=O) groups excluding carboxylic acids is 1. The molecule has 0 aliphatic carbocycles. The van der Waals surface area contributed by atoms with Crippen LogP contribution in [-0.2, 0) is 4.79 Å². The first-order valence-corrected chi connectivity index (χ1v) is 14.0. The number of hydrogen-bond donors (Lipinski definition) is 0. The molecule has 1 amide bonds. The zero-order valence-electron chi connectivity index (χ0n) is 20.9. The van der Waals surface area contributed by atoms with Crippen molar-refractivity contribution >= 4 is 46.7 Å². The number of halogens is 1. The Bertz CT molecular complexity index is 1690. The van der Waals surface area contributed by atoms with Gasteiger partial charge in [-0.1, -0.05) is 35.1 Å². The molecule has 11 heteroatoms. The van der Waals surface area contributed by atoms with Gasteiger partial charge in [-0.15, -0.1) is 0 Å². The molecule has 0 saturated carbocycles. The molecule has 1 aliphatic rings. The first kappa shape index (κ1) is 26.1. The number of allylic oxidation sites excluding steroid dienone is 1. The van der Waals surface area contributed by atoms with Crippen LogP contribution in [0.5, 0.6) is 0 Å². The number of amides is 1. The summed E-state index contributed by atoms with van der Waals surface area (Å²) in [6.45, 7) is 6.79. The van der Waals surface area contributed by atoms with Gasteiger partial charge in [0.1, 0.15) is 5.76 Å². The van der Waals surface area contributed by atoms with Gasteiger partial charge >= 0.3 is 0 Å². The Morgan fingerprint density at radius 2 is 1.87 bits per heavy atom. The molecule has 3 aromatic heterocycles. The van der Waals surface area contributed by atoms with Crippen molar-refractivity contribution in [2.75, 3.05) is 13.1 Å². The fourth-order valence-corrected chi connectivity index (χ4v) is 6.09. The summed E-state index contributed by atoms with van der Waals surface area (Å²) in [6.07, 6.45) is 5.03. The van der Waals surface area contributed by atoms with E-state index in [0.29, 0.717) is 54.7 Å². The molecule has 194 valence electrons. The SMILES string of the molecule is CCN(CC)C(=O)C1=C(C)N=c2s/c(=C\c3ccc(Sc4ncccn4)o3)c(=O)n2[C@@H]1c1ccc(Cl)cc1. The van der Waals surface area contributed by atoms with Crippen LogP contribution in [0.15, 0.2) is 90.6 Å². The predicted molar refractivity (Wildman–Crippen MR) is 148 cm³/mol. The zero-order valence-corrected chi connectivity index (χ0v) is 23.3. The largest absolute Gasteiger partial charge is 0.450 e. The van der Waals surface area contributed by atoms with E-state index in [1.54, 1.807) is 52.2 Å². The van der Waals surface area contributed by atoms with Gasteiger partial charge in [0.15, 0.2) is 15.1 Å². The minimum Gasteiger partial charge on any atom is -0.450 e. The van der Waals surface area contributed by atoms with Gasteiger partial charge in [0.2, 0.25) is 0 Å². The van der Waals surface area contributed by atoms with Gasteiger partial charge in [0.05, 0.1) is 21.8 Å². The van der Waals surface area contributed by atoms with Gasteiger partial charge in [-0.05, 0) is 68.4 Å². The standard InChI is InChI=1S/C27H24ClN5O3S2/c1-4-32(5-2)25(35)22-16(3)31-27-33(23(22)17-7-9-18(28)10-8-17)24(34)20(37-27)15-19-11-12-21(36-19)38-26-29-13-6-14-30-26/h6-15,23H,4-5H2,1-3H3/b20-15-/t23-/m1/s1. The van der Waals surface area contributed by atoms with Crippen LogP contribution >= 0.6 is 34.7 Å². The molecular weight excluding hydrogens is 542 g/mol. The Balaban J connectivity index is 1.60. The summed E-state index contributed by atoms with van der Waals surface area (Å²) in [5.74, 6) is 0.383. The third-order valence-electron chi connectivity index (χ3n) is 6.10. The first-order valence-electron chi connectivity index (χ1n) is 12.0. The fourth-order valence-electron chi connectivity index (χ4n) is 4.26. The van der Waals surface area contributed by atoms with E-state index in [9.17, 15) is 9.59 Å². The van der Waals surface area contributed by atoms with Crippen molar-refractivity contribution in [2.24, 2.45) is 4.99 Å². The summed E-state index contributed by atoms with van der Waals surface area (Å²) >= 11 is 8.71. The number of rotatable bonds is 7. The van der Waals surface area contributed by atoms with E-state index in [4.69, 9.17) is 21.0 Å². The van der Waals surface area contributed by atoms with Crippen molar-refractivity contribution in [2.45, 2.75) is 37.1 Å². The molecule has 4 aromatic rings. The molecule has 0 N–H and O–H groups in total. The van der Waals surface area contributed by atoms with Crippen molar-refractivity contribution in [3.8, 4) is 0 Å². The second-order valence-corrected chi connectivity index (χ2v) is 10.8. The third kappa shape index (κ3) is 5.11. The van der Waals surface area contributed by atoms with Crippen molar-refractivity contribution in [1.82, 2.24) is 19.4 Å². The highest BCUT2D eigenvalue weighted by atomic mass is 35.5. The maximum Gasteiger partial charge on any atom is 0.271 e. The van der Waals surface area contributed by atoms with Crippen LogP contribution < -0.4 is 14.9 Å². The molecule has 0 radical (unpaired) electrons. The number of nitrogens with zero attached hydrogens (tertiary/aromatic N) is 5. The second-order valence-electron chi connectivity index (χ2n) is 8.40. The summed E-state index contributed by atoms with van der Waals surface area (Å²) in [6, 6.07) is 11.9. The van der Waals surface area contributed by atoms with Crippen LogP contribution in [-0.4, -0.2) is 38.4 Å². The van der Waals surface area contributed by atoms with Gasteiger partial charge in [-0.3, -0.25) is 14.2 Å². The van der Waals surface area contributed by atoms with Crippen molar-refractivity contribution in [3.05, 3.63) is 102 Å². The normalized spacial score (nSPS) is 15.4. The molecule has 0 saturated heterocycles. The molecule has 4 heterocycles. The maximum absolute atomic E-state index is 13.8. The summed E-state index contributed by atoms with van der Waals surface area (Å²) in [7, 11) is 0. The Morgan fingerprint density at radius 3 is 2.55 bits per heavy atom. The van der Waals surface area contributed by atoms with E-state index < -0.39 is 6.04 Å². The average Bonchev–Trinajstić information content (AvgIpc) is 3.48. The van der Waals surface area contributed by atoms with Gasteiger partial charge in [0, 0.05) is 36.6 Å². The van der Waals surface area contributed by atoms with E-state index >= 15 is 0 Å². The number of hydrogen-bond acceptors (Lipinski definition) is 8. The lowest BCUT2D eigenvalue weighted by atomic mass is 9.94. The molecule has 1 aliphatic heterocycles. The van der Waals surface area contributed by atoms with Gasteiger partial charge in [-0.2, -0.15) is 0 Å². The number of benzene rings is 1. The Hall–Kier alpha value is -3.47. The molecule has 1 aromatic carbocycles. The third-order valence-corrected chi connectivity index (χ3v) is 8.15. The van der Waals surface area contributed by atoms with Crippen LogP contribution in [0.2, 0.25) is 5.02 Å². The first-order chi connectivity index (χ1) is 18.4. The molecule has 0 fully saturated rings. The summed E-state index contributed by atoms with van der Waals surface area (Å²) in [5, 5.41) is 1.75. The highest BCUT2D eigenvalue weighted by Gasteiger charge is 2.34. The summed E-state index contributed by atoms with van der Waals surface area (Å²) in [5.41, 5.74) is 1.61. The number of aromatic nitrogens is 3. The molecular formula is C27H24ClN5O3S2. The molecule has 0 spiro atoms. The average molecular weight is 566 g/mol. The van der Waals surface area contributed by atoms with E-state index in [1.165, 1.54) is 23.1 Å². The lowest BCUT2D eigenvalue weighted by molar-refractivity contribution is -0.127. The lowest BCUT2D eigenvalue weighted by Crippen LogP contribution is -2.43. The molecule has 38 heavy (non-hydrogen) atoms. The number of carbonyl (C=O) groups is 1. The number of likely N-dealkylation sites (N-methyl/N-ethyl adjacent to an activating group) is 1. The van der Waals surface area contributed by atoms with E-state index in [1.807, 2.05) is 39.0 Å². The molecule has 8 nitrogen and oxygen atoms in total. The van der Waals surface area contributed by atoms with Crippen molar-refractivity contribution in [3.63, 3.8) is 0 Å². The van der Waals surface area contributed by atoms with E-state index in [-0.39, 0.29) is 11.5 Å². The minimum absolute atomic E-state index is 0.138. The van der Waals surface area contributed by atoms with Crippen LogP contribution in [0.3, 0.4) is 0 Å². The quantitative estimate of drug-likeness (QED) is 0.310. The van der Waals surface area contributed by atoms with E-state index in [2.05, 4.69) is 9.97 Å². The van der Waals surface area contributed by atoms with Crippen LogP contribution in [0.1, 0.15) is 38.1 Å². The topological polar surface area (TPSA) is 93.6 Å². The minimum atomic E-state index is -0.628. The summed E-state index contributed by atoms with van der Waals surface area (Å²) in [4.78, 5) is 42.8. The smallest absolute Gasteiger partial charge is 0.271 e. The molecule has 0 bridgehead atoms. The molecule has 1 atom stereocenters. The van der Waals surface area contributed by atoms with Gasteiger partial charge in [-0.25, -0.2) is 15.0 Å². The maximum atomic E-state index is 13.8. The highest BCUT2D eigenvalue weighted by molar-refractivity contribution is 7.99. The van der Waals surface area contributed by atoms with Crippen LogP contribution in [0.4, 0.5) is 0 Å². The fraction of sp³-hybridized carbons (Fsp3) is 0.222. The van der Waals surface area contributed by atoms with Crippen molar-refractivity contribution in [1.29, 1.82) is 0 Å². The van der Waals surface area contributed by atoms with Crippen molar-refractivity contribution < 1.29 is 9.21 Å².